The number of piperidine rings is 1. The molecule has 0 saturated carbocycles. The second kappa shape index (κ2) is 7.45. The van der Waals surface area contributed by atoms with Crippen LogP contribution in [0.25, 0.3) is 0 Å². The maximum absolute atomic E-state index is 13.1. The Balaban J connectivity index is 1.36. The zero-order chi connectivity index (χ0) is 17.9. The average Bonchev–Trinajstić information content (AvgIpc) is 3.19. The van der Waals surface area contributed by atoms with E-state index >= 15 is 0 Å². The summed E-state index contributed by atoms with van der Waals surface area (Å²) in [5.41, 5.74) is 1.51. The lowest BCUT2D eigenvalue weighted by Gasteiger charge is -2.35. The third-order valence-electron chi connectivity index (χ3n) is 5.23. The predicted octanol–water partition coefficient (Wildman–Crippen LogP) is 1.91. The summed E-state index contributed by atoms with van der Waals surface area (Å²) in [6.07, 6.45) is 4.15. The van der Waals surface area contributed by atoms with Crippen molar-refractivity contribution in [2.45, 2.75) is 18.9 Å². The van der Waals surface area contributed by atoms with Gasteiger partial charge in [0.1, 0.15) is 11.5 Å². The molecule has 1 unspecified atom stereocenters. The van der Waals surface area contributed by atoms with Crippen molar-refractivity contribution in [2.24, 2.45) is 0 Å². The van der Waals surface area contributed by atoms with Crippen molar-refractivity contribution in [2.75, 3.05) is 44.2 Å². The van der Waals surface area contributed by atoms with Crippen LogP contribution in [0, 0.1) is 5.82 Å². The molecule has 0 aliphatic carbocycles. The second-order valence-corrected chi connectivity index (χ2v) is 6.94. The van der Waals surface area contributed by atoms with Crippen LogP contribution in [0.2, 0.25) is 0 Å². The first-order valence-corrected chi connectivity index (χ1v) is 9.26. The van der Waals surface area contributed by atoms with E-state index in [-0.39, 0.29) is 11.7 Å². The number of carbonyl (C=O) groups excluding carboxylic acids is 1. The van der Waals surface area contributed by atoms with Gasteiger partial charge in [-0.3, -0.25) is 9.48 Å². The molecule has 0 bridgehead atoms. The van der Waals surface area contributed by atoms with Gasteiger partial charge in [-0.2, -0.15) is 5.10 Å². The summed E-state index contributed by atoms with van der Waals surface area (Å²) < 4.78 is 15.0. The first-order chi connectivity index (χ1) is 12.7. The molecule has 138 valence electrons. The van der Waals surface area contributed by atoms with E-state index < -0.39 is 0 Å². The average molecular weight is 357 g/mol. The van der Waals surface area contributed by atoms with E-state index in [1.165, 1.54) is 12.1 Å². The molecule has 6 nitrogen and oxygen atoms in total. The summed E-state index contributed by atoms with van der Waals surface area (Å²) in [5, 5.41) is 7.90. The lowest BCUT2D eigenvalue weighted by molar-refractivity contribution is 0.0739. The van der Waals surface area contributed by atoms with Gasteiger partial charge in [-0.1, -0.05) is 0 Å². The zero-order valence-corrected chi connectivity index (χ0v) is 14.8. The number of nitrogens with one attached hydrogen (secondary N) is 1. The predicted molar refractivity (Wildman–Crippen MR) is 97.9 cm³/mol. The monoisotopic (exact) mass is 357 g/mol. The Morgan fingerprint density at radius 3 is 2.58 bits per heavy atom. The molecule has 1 amide bonds. The van der Waals surface area contributed by atoms with Gasteiger partial charge in [-0.05, 0) is 49.7 Å². The maximum atomic E-state index is 13.1. The molecule has 0 radical (unpaired) electrons. The van der Waals surface area contributed by atoms with E-state index in [4.69, 9.17) is 0 Å². The Morgan fingerprint density at radius 1 is 1.12 bits per heavy atom. The Morgan fingerprint density at radius 2 is 1.88 bits per heavy atom. The van der Waals surface area contributed by atoms with Crippen LogP contribution in [0.15, 0.2) is 36.5 Å². The number of carbonyl (C=O) groups is 1. The van der Waals surface area contributed by atoms with Gasteiger partial charge in [0, 0.05) is 44.6 Å². The minimum Gasteiger partial charge on any atom is -0.368 e. The van der Waals surface area contributed by atoms with Gasteiger partial charge in [-0.15, -0.1) is 0 Å². The molecule has 1 aromatic carbocycles. The highest BCUT2D eigenvalue weighted by atomic mass is 19.1. The Hall–Kier alpha value is -2.41. The summed E-state index contributed by atoms with van der Waals surface area (Å²) in [7, 11) is 0. The molecular formula is C19H24FN5O. The molecule has 0 spiro atoms. The number of aromatic nitrogens is 2. The van der Waals surface area contributed by atoms with Gasteiger partial charge in [-0.25, -0.2) is 4.39 Å². The molecule has 2 aromatic rings. The fraction of sp³-hybridized carbons (Fsp3) is 0.474. The Labute approximate surface area is 152 Å². The first-order valence-electron chi connectivity index (χ1n) is 9.26. The van der Waals surface area contributed by atoms with Crippen LogP contribution in [0.5, 0.6) is 0 Å². The number of rotatable bonds is 3. The van der Waals surface area contributed by atoms with Crippen molar-refractivity contribution in [3.8, 4) is 0 Å². The van der Waals surface area contributed by atoms with Gasteiger partial charge in [0.15, 0.2) is 0 Å². The molecular weight excluding hydrogens is 333 g/mol. The van der Waals surface area contributed by atoms with Crippen LogP contribution in [-0.2, 0) is 0 Å². The first kappa shape index (κ1) is 17.0. The summed E-state index contributed by atoms with van der Waals surface area (Å²) in [6, 6.07) is 8.67. The number of nitrogens with zero attached hydrogens (tertiary/aromatic N) is 4. The van der Waals surface area contributed by atoms with Gasteiger partial charge in [0.2, 0.25) is 0 Å². The fourth-order valence-electron chi connectivity index (χ4n) is 3.70. The quantitative estimate of drug-likeness (QED) is 0.912. The summed E-state index contributed by atoms with van der Waals surface area (Å²) >= 11 is 0. The number of benzene rings is 1. The molecule has 1 atom stereocenters. The molecule has 2 aliphatic rings. The molecule has 4 rings (SSSR count). The van der Waals surface area contributed by atoms with Crippen molar-refractivity contribution < 1.29 is 9.18 Å². The van der Waals surface area contributed by atoms with E-state index in [0.717, 1.165) is 44.7 Å². The third kappa shape index (κ3) is 3.58. The van der Waals surface area contributed by atoms with Crippen LogP contribution in [-0.4, -0.2) is 59.9 Å². The van der Waals surface area contributed by atoms with Crippen molar-refractivity contribution >= 4 is 11.6 Å². The van der Waals surface area contributed by atoms with E-state index in [1.807, 2.05) is 21.8 Å². The Kier molecular flexibility index (Phi) is 4.88. The van der Waals surface area contributed by atoms with Crippen molar-refractivity contribution in [3.05, 3.63) is 48.0 Å². The number of hydrogen-bond acceptors (Lipinski definition) is 4. The van der Waals surface area contributed by atoms with Gasteiger partial charge >= 0.3 is 0 Å². The van der Waals surface area contributed by atoms with Crippen molar-refractivity contribution in [3.63, 3.8) is 0 Å². The molecule has 2 fully saturated rings. The van der Waals surface area contributed by atoms with Gasteiger partial charge < -0.3 is 15.1 Å². The van der Waals surface area contributed by atoms with Crippen LogP contribution < -0.4 is 10.2 Å². The Bertz CT molecular complexity index is 746. The lowest BCUT2D eigenvalue weighted by atomic mass is 10.1. The number of piperazine rings is 1. The molecule has 1 N–H and O–H groups in total. The van der Waals surface area contributed by atoms with Gasteiger partial charge in [0.25, 0.3) is 5.91 Å². The number of amides is 1. The summed E-state index contributed by atoms with van der Waals surface area (Å²) in [4.78, 5) is 16.8. The van der Waals surface area contributed by atoms with Crippen molar-refractivity contribution in [1.82, 2.24) is 20.0 Å². The SMILES string of the molecule is O=C(c1ccn(C2CCCNC2)n1)N1CCN(c2ccc(F)cc2)CC1. The highest BCUT2D eigenvalue weighted by Gasteiger charge is 2.25. The molecule has 26 heavy (non-hydrogen) atoms. The highest BCUT2D eigenvalue weighted by Crippen LogP contribution is 2.19. The lowest BCUT2D eigenvalue weighted by Crippen LogP contribution is -2.49. The third-order valence-corrected chi connectivity index (χ3v) is 5.23. The molecule has 7 heteroatoms. The molecule has 3 heterocycles. The van der Waals surface area contributed by atoms with E-state index in [0.29, 0.717) is 24.8 Å². The maximum Gasteiger partial charge on any atom is 0.274 e. The molecule has 2 aliphatic heterocycles. The second-order valence-electron chi connectivity index (χ2n) is 6.94. The van der Waals surface area contributed by atoms with Crippen LogP contribution in [0.4, 0.5) is 10.1 Å². The minimum absolute atomic E-state index is 0.00808. The largest absolute Gasteiger partial charge is 0.368 e. The fourth-order valence-corrected chi connectivity index (χ4v) is 3.70. The smallest absolute Gasteiger partial charge is 0.274 e. The van der Waals surface area contributed by atoms with Crippen molar-refractivity contribution in [1.29, 1.82) is 0 Å². The number of anilines is 1. The van der Waals surface area contributed by atoms with Crippen LogP contribution in [0.1, 0.15) is 29.4 Å². The standard InChI is InChI=1S/C19H24FN5O/c20-15-3-5-16(6-4-15)23-10-12-24(13-11-23)19(26)18-7-9-25(22-18)17-2-1-8-21-14-17/h3-7,9,17,21H,1-2,8,10-14H2. The van der Waals surface area contributed by atoms with Crippen LogP contribution in [0.3, 0.4) is 0 Å². The number of hydrogen-bond donors (Lipinski definition) is 1. The summed E-state index contributed by atoms with van der Waals surface area (Å²) in [5.74, 6) is -0.238. The molecule has 1 aromatic heterocycles. The zero-order valence-electron chi connectivity index (χ0n) is 14.8. The normalized spacial score (nSPS) is 21.0. The highest BCUT2D eigenvalue weighted by molar-refractivity contribution is 5.92. The van der Waals surface area contributed by atoms with Crippen LogP contribution >= 0.6 is 0 Å². The number of halogens is 1. The topological polar surface area (TPSA) is 53.4 Å². The van der Waals surface area contributed by atoms with E-state index in [9.17, 15) is 9.18 Å². The van der Waals surface area contributed by atoms with Gasteiger partial charge in [0.05, 0.1) is 6.04 Å². The van der Waals surface area contributed by atoms with E-state index in [2.05, 4.69) is 15.3 Å². The minimum atomic E-state index is -0.230. The van der Waals surface area contributed by atoms with E-state index in [1.54, 1.807) is 12.1 Å². The summed E-state index contributed by atoms with van der Waals surface area (Å²) in [6.45, 7) is 4.74. The molecule has 2 saturated heterocycles.